The molecule has 1 aliphatic heterocycles. The number of amides is 1. The van der Waals surface area contributed by atoms with Crippen LogP contribution in [0.25, 0.3) is 10.6 Å². The first kappa shape index (κ1) is 20.5. The lowest BCUT2D eigenvalue weighted by molar-refractivity contribution is 0.0714. The minimum Gasteiger partial charge on any atom is -0.443 e. The fourth-order valence-corrected chi connectivity index (χ4v) is 4.80. The summed E-state index contributed by atoms with van der Waals surface area (Å²) >= 11 is 1.51. The largest absolute Gasteiger partial charge is 0.443 e. The van der Waals surface area contributed by atoms with Crippen molar-refractivity contribution in [2.45, 2.75) is 32.2 Å². The van der Waals surface area contributed by atoms with Gasteiger partial charge in [-0.25, -0.2) is 14.4 Å². The smallest absolute Gasteiger partial charge is 0.254 e. The van der Waals surface area contributed by atoms with Gasteiger partial charge in [0.05, 0.1) is 28.0 Å². The predicted octanol–water partition coefficient (Wildman–Crippen LogP) is 5.21. The van der Waals surface area contributed by atoms with Gasteiger partial charge < -0.3 is 9.32 Å². The molecule has 3 aromatic heterocycles. The van der Waals surface area contributed by atoms with E-state index in [4.69, 9.17) is 4.42 Å². The van der Waals surface area contributed by atoms with Crippen LogP contribution in [-0.2, 0) is 6.42 Å². The molecule has 1 amide bonds. The molecule has 162 valence electrons. The molecule has 4 heterocycles. The number of benzene rings is 1. The first-order valence-corrected chi connectivity index (χ1v) is 11.3. The van der Waals surface area contributed by atoms with Crippen LogP contribution in [0.5, 0.6) is 0 Å². The van der Waals surface area contributed by atoms with E-state index in [1.54, 1.807) is 36.1 Å². The number of hydrogen-bond donors (Lipinski definition) is 0. The molecule has 6 nitrogen and oxygen atoms in total. The number of carbonyl (C=O) groups is 1. The lowest BCUT2D eigenvalue weighted by Crippen LogP contribution is -2.30. The third kappa shape index (κ3) is 4.05. The summed E-state index contributed by atoms with van der Waals surface area (Å²) in [6, 6.07) is 9.69. The first-order valence-electron chi connectivity index (χ1n) is 10.4. The van der Waals surface area contributed by atoms with Crippen molar-refractivity contribution < 1.29 is 13.6 Å². The number of likely N-dealkylation sites (tertiary alicyclic amines) is 1. The summed E-state index contributed by atoms with van der Waals surface area (Å²) in [5.41, 5.74) is 4.97. The normalized spacial score (nSPS) is 15.9. The van der Waals surface area contributed by atoms with Gasteiger partial charge in [-0.2, -0.15) is 0 Å². The molecule has 1 fully saturated rings. The van der Waals surface area contributed by atoms with E-state index in [2.05, 4.69) is 15.0 Å². The topological polar surface area (TPSA) is 72.1 Å². The van der Waals surface area contributed by atoms with Crippen molar-refractivity contribution in [3.63, 3.8) is 0 Å². The highest BCUT2D eigenvalue weighted by molar-refractivity contribution is 7.13. The molecule has 5 rings (SSSR count). The van der Waals surface area contributed by atoms with Crippen molar-refractivity contribution in [1.29, 1.82) is 0 Å². The Balaban J connectivity index is 1.35. The van der Waals surface area contributed by atoms with E-state index in [-0.39, 0.29) is 17.8 Å². The van der Waals surface area contributed by atoms with Crippen LogP contribution in [-0.4, -0.2) is 32.3 Å². The second-order valence-corrected chi connectivity index (χ2v) is 8.68. The lowest BCUT2D eigenvalue weighted by Gasteiger charge is -2.22. The third-order valence-corrected chi connectivity index (χ3v) is 6.60. The SMILES string of the molecule is Cc1ncsc1-c1cc(C(=O)N2CCCC2c2ncc(Cc3ccc(F)cc3)o2)ccn1. The van der Waals surface area contributed by atoms with E-state index < -0.39 is 0 Å². The van der Waals surface area contributed by atoms with Crippen LogP contribution in [0.2, 0.25) is 0 Å². The fraction of sp³-hybridized carbons (Fsp3) is 0.250. The summed E-state index contributed by atoms with van der Waals surface area (Å²) in [5.74, 6) is 0.909. The van der Waals surface area contributed by atoms with Crippen molar-refractivity contribution in [3.8, 4) is 10.6 Å². The zero-order chi connectivity index (χ0) is 22.1. The van der Waals surface area contributed by atoms with Gasteiger partial charge in [-0.3, -0.25) is 9.78 Å². The van der Waals surface area contributed by atoms with E-state index in [0.29, 0.717) is 30.2 Å². The van der Waals surface area contributed by atoms with Crippen molar-refractivity contribution in [3.05, 3.63) is 88.6 Å². The van der Waals surface area contributed by atoms with Gasteiger partial charge in [0, 0.05) is 24.7 Å². The number of carbonyl (C=O) groups excluding carboxylic acids is 1. The quantitative estimate of drug-likeness (QED) is 0.419. The lowest BCUT2D eigenvalue weighted by atomic mass is 10.1. The molecule has 32 heavy (non-hydrogen) atoms. The Morgan fingerprint density at radius 3 is 2.84 bits per heavy atom. The second-order valence-electron chi connectivity index (χ2n) is 7.82. The summed E-state index contributed by atoms with van der Waals surface area (Å²) in [4.78, 5) is 29.3. The Bertz CT molecular complexity index is 1250. The molecule has 1 unspecified atom stereocenters. The summed E-state index contributed by atoms with van der Waals surface area (Å²) in [5, 5.41) is 0. The summed E-state index contributed by atoms with van der Waals surface area (Å²) in [7, 11) is 0. The van der Waals surface area contributed by atoms with Crippen molar-refractivity contribution in [2.75, 3.05) is 6.54 Å². The molecular formula is C24H21FN4O2S. The molecule has 1 aromatic carbocycles. The van der Waals surface area contributed by atoms with Gasteiger partial charge in [-0.15, -0.1) is 11.3 Å². The maximum Gasteiger partial charge on any atom is 0.254 e. The van der Waals surface area contributed by atoms with Crippen LogP contribution in [0.15, 0.2) is 58.7 Å². The van der Waals surface area contributed by atoms with Gasteiger partial charge in [0.25, 0.3) is 5.91 Å². The highest BCUT2D eigenvalue weighted by Crippen LogP contribution is 2.34. The number of thiazole rings is 1. The van der Waals surface area contributed by atoms with E-state index in [9.17, 15) is 9.18 Å². The Labute approximate surface area is 188 Å². The number of oxazole rings is 1. The van der Waals surface area contributed by atoms with Crippen molar-refractivity contribution >= 4 is 17.2 Å². The van der Waals surface area contributed by atoms with Gasteiger partial charge in [-0.05, 0) is 49.6 Å². The zero-order valence-corrected chi connectivity index (χ0v) is 18.3. The van der Waals surface area contributed by atoms with E-state index >= 15 is 0 Å². The number of pyridine rings is 1. The molecule has 0 aliphatic carbocycles. The average Bonchev–Trinajstić information content (AvgIpc) is 3.55. The number of rotatable bonds is 5. The molecule has 8 heteroatoms. The summed E-state index contributed by atoms with van der Waals surface area (Å²) < 4.78 is 19.1. The van der Waals surface area contributed by atoms with Crippen LogP contribution >= 0.6 is 11.3 Å². The number of aromatic nitrogens is 3. The first-order chi connectivity index (χ1) is 15.6. The third-order valence-electron chi connectivity index (χ3n) is 5.65. The van der Waals surface area contributed by atoms with Gasteiger partial charge in [0.15, 0.2) is 0 Å². The van der Waals surface area contributed by atoms with E-state index in [1.807, 2.05) is 17.9 Å². The van der Waals surface area contributed by atoms with Gasteiger partial charge in [0.2, 0.25) is 5.89 Å². The Morgan fingerprint density at radius 1 is 1.22 bits per heavy atom. The zero-order valence-electron chi connectivity index (χ0n) is 17.5. The number of nitrogens with zero attached hydrogens (tertiary/aromatic N) is 4. The van der Waals surface area contributed by atoms with Crippen molar-refractivity contribution in [2.24, 2.45) is 0 Å². The maximum absolute atomic E-state index is 13.3. The van der Waals surface area contributed by atoms with Crippen molar-refractivity contribution in [1.82, 2.24) is 19.9 Å². The Morgan fingerprint density at radius 2 is 2.06 bits per heavy atom. The van der Waals surface area contributed by atoms with Gasteiger partial charge >= 0.3 is 0 Å². The molecule has 0 radical (unpaired) electrons. The standard InChI is InChI=1S/C24H21FN4O2S/c1-15-22(32-14-28-15)20-12-17(8-9-26-20)24(30)29-10-2-3-21(29)23-27-13-19(31-23)11-16-4-6-18(25)7-5-16/h4-9,12-14,21H,2-3,10-11H2,1H3. The molecule has 0 N–H and O–H groups in total. The van der Waals surface area contributed by atoms with Crippen LogP contribution < -0.4 is 0 Å². The van der Waals surface area contributed by atoms with Crippen LogP contribution in [0.3, 0.4) is 0 Å². The van der Waals surface area contributed by atoms with Crippen LogP contribution in [0.1, 0.15) is 52.1 Å². The second kappa shape index (κ2) is 8.63. The molecular weight excluding hydrogens is 427 g/mol. The average molecular weight is 449 g/mol. The summed E-state index contributed by atoms with van der Waals surface area (Å²) in [6.07, 6.45) is 5.57. The molecule has 0 spiro atoms. The van der Waals surface area contributed by atoms with Gasteiger partial charge in [-0.1, -0.05) is 12.1 Å². The van der Waals surface area contributed by atoms with Crippen LogP contribution in [0, 0.1) is 12.7 Å². The molecule has 0 saturated carbocycles. The van der Waals surface area contributed by atoms with Crippen LogP contribution in [0.4, 0.5) is 4.39 Å². The molecule has 0 bridgehead atoms. The molecule has 1 aliphatic rings. The maximum atomic E-state index is 13.3. The number of hydrogen-bond acceptors (Lipinski definition) is 6. The molecule has 4 aromatic rings. The highest BCUT2D eigenvalue weighted by Gasteiger charge is 2.34. The van der Waals surface area contributed by atoms with E-state index in [0.717, 1.165) is 34.7 Å². The predicted molar refractivity (Wildman–Crippen MR) is 119 cm³/mol. The highest BCUT2D eigenvalue weighted by atomic mass is 32.1. The molecule has 1 atom stereocenters. The molecule has 1 saturated heterocycles. The number of halogens is 1. The van der Waals surface area contributed by atoms with E-state index in [1.165, 1.54) is 23.5 Å². The summed E-state index contributed by atoms with van der Waals surface area (Å²) in [6.45, 7) is 2.58. The fourth-order valence-electron chi connectivity index (χ4n) is 4.03. The number of aryl methyl sites for hydroxylation is 1. The monoisotopic (exact) mass is 448 g/mol. The minimum absolute atomic E-state index is 0.0587. The Hall–Kier alpha value is -3.39. The minimum atomic E-state index is -0.267. The Kier molecular flexibility index (Phi) is 5.53. The van der Waals surface area contributed by atoms with Gasteiger partial charge in [0.1, 0.15) is 17.6 Å².